The number of hydrogen-bond acceptors (Lipinski definition) is 3. The van der Waals surface area contributed by atoms with Crippen LogP contribution in [0.15, 0.2) is 24.3 Å². The van der Waals surface area contributed by atoms with Gasteiger partial charge in [-0.2, -0.15) is 12.6 Å². The van der Waals surface area contributed by atoms with Crippen LogP contribution in [0.5, 0.6) is 5.75 Å². The van der Waals surface area contributed by atoms with Gasteiger partial charge >= 0.3 is 0 Å². The second-order valence-electron chi connectivity index (χ2n) is 3.88. The minimum absolute atomic E-state index is 0.555. The van der Waals surface area contributed by atoms with Crippen molar-refractivity contribution in [1.29, 1.82) is 0 Å². The largest absolute Gasteiger partial charge is 0.493 e. The van der Waals surface area contributed by atoms with Gasteiger partial charge in [0.15, 0.2) is 0 Å². The van der Waals surface area contributed by atoms with Gasteiger partial charge in [-0.25, -0.2) is 0 Å². The summed E-state index contributed by atoms with van der Waals surface area (Å²) in [6.07, 6.45) is 0. The molecule has 0 aliphatic carbocycles. The zero-order valence-corrected chi connectivity index (χ0v) is 10.3. The predicted octanol–water partition coefficient (Wildman–Crippen LogP) is 3.06. The molecule has 0 unspecified atom stereocenters. The van der Waals surface area contributed by atoms with Crippen molar-refractivity contribution in [3.8, 4) is 5.75 Å². The summed E-state index contributed by atoms with van der Waals surface area (Å²) >= 11 is 4.15. The van der Waals surface area contributed by atoms with E-state index < -0.39 is 0 Å². The molecule has 1 aromatic carbocycles. The van der Waals surface area contributed by atoms with Crippen molar-refractivity contribution in [2.75, 3.05) is 24.2 Å². The molecule has 0 saturated heterocycles. The molecule has 1 N–H and O–H groups in total. The fraction of sp³-hybridized carbons (Fsp3) is 0.500. The van der Waals surface area contributed by atoms with Crippen LogP contribution in [0.25, 0.3) is 0 Å². The second kappa shape index (κ2) is 6.62. The number of rotatable bonds is 6. The Bertz CT molecular complexity index is 289. The Morgan fingerprint density at radius 1 is 1.40 bits per heavy atom. The molecule has 0 fully saturated rings. The van der Waals surface area contributed by atoms with Crippen LogP contribution in [0.1, 0.15) is 13.8 Å². The Labute approximate surface area is 97.4 Å². The van der Waals surface area contributed by atoms with Crippen molar-refractivity contribution in [3.05, 3.63) is 24.3 Å². The lowest BCUT2D eigenvalue weighted by atomic mass is 10.2. The minimum Gasteiger partial charge on any atom is -0.493 e. The van der Waals surface area contributed by atoms with E-state index in [2.05, 4.69) is 31.8 Å². The average molecular weight is 225 g/mol. The molecule has 1 rings (SSSR count). The van der Waals surface area contributed by atoms with E-state index in [1.807, 2.05) is 24.3 Å². The first-order valence-electron chi connectivity index (χ1n) is 5.30. The van der Waals surface area contributed by atoms with Gasteiger partial charge in [-0.3, -0.25) is 0 Å². The highest BCUT2D eigenvalue weighted by Crippen LogP contribution is 2.17. The normalized spacial score (nSPS) is 10.4. The molecule has 0 heterocycles. The quantitative estimate of drug-likeness (QED) is 0.726. The van der Waals surface area contributed by atoms with Crippen LogP contribution in [0.4, 0.5) is 5.69 Å². The summed E-state index contributed by atoms with van der Waals surface area (Å²) in [5.74, 6) is 2.31. The van der Waals surface area contributed by atoms with Gasteiger partial charge in [-0.15, -0.1) is 0 Å². The van der Waals surface area contributed by atoms with Gasteiger partial charge in [0, 0.05) is 24.1 Å². The van der Waals surface area contributed by atoms with Crippen LogP contribution in [0.2, 0.25) is 0 Å². The van der Waals surface area contributed by atoms with Crippen molar-refractivity contribution in [3.63, 3.8) is 0 Å². The van der Waals surface area contributed by atoms with E-state index in [4.69, 9.17) is 4.74 Å². The van der Waals surface area contributed by atoms with Gasteiger partial charge in [0.25, 0.3) is 0 Å². The van der Waals surface area contributed by atoms with E-state index in [1.165, 1.54) is 0 Å². The lowest BCUT2D eigenvalue weighted by Crippen LogP contribution is -2.05. The van der Waals surface area contributed by atoms with E-state index in [9.17, 15) is 0 Å². The summed E-state index contributed by atoms with van der Waals surface area (Å²) in [5.41, 5.74) is 1.09. The van der Waals surface area contributed by atoms with Crippen molar-refractivity contribution >= 4 is 18.3 Å². The Morgan fingerprint density at radius 3 is 2.87 bits per heavy atom. The summed E-state index contributed by atoms with van der Waals surface area (Å²) in [5, 5.41) is 3.27. The Hall–Kier alpha value is -0.830. The number of benzene rings is 1. The predicted molar refractivity (Wildman–Crippen MR) is 69.1 cm³/mol. The SMILES string of the molecule is CC(C)COc1cccc(NCCS)c1. The molecule has 0 amide bonds. The molecule has 15 heavy (non-hydrogen) atoms. The average Bonchev–Trinajstić information content (AvgIpc) is 2.24. The summed E-state index contributed by atoms with van der Waals surface area (Å²) < 4.78 is 5.63. The van der Waals surface area contributed by atoms with E-state index in [1.54, 1.807) is 0 Å². The molecule has 0 saturated carbocycles. The van der Waals surface area contributed by atoms with Crippen molar-refractivity contribution < 1.29 is 4.74 Å². The Morgan fingerprint density at radius 2 is 2.20 bits per heavy atom. The molecule has 0 atom stereocenters. The molecule has 0 radical (unpaired) electrons. The fourth-order valence-corrected chi connectivity index (χ4v) is 1.27. The van der Waals surface area contributed by atoms with Gasteiger partial charge in [0.05, 0.1) is 6.61 Å². The monoisotopic (exact) mass is 225 g/mol. The summed E-state index contributed by atoms with van der Waals surface area (Å²) in [6, 6.07) is 8.03. The molecule has 0 aliphatic rings. The lowest BCUT2D eigenvalue weighted by molar-refractivity contribution is 0.271. The molecule has 0 spiro atoms. The third-order valence-electron chi connectivity index (χ3n) is 1.86. The van der Waals surface area contributed by atoms with Crippen molar-refractivity contribution in [2.45, 2.75) is 13.8 Å². The molecule has 0 aromatic heterocycles. The Balaban J connectivity index is 2.50. The molecule has 84 valence electrons. The highest BCUT2D eigenvalue weighted by Gasteiger charge is 1.98. The van der Waals surface area contributed by atoms with Crippen LogP contribution in [-0.4, -0.2) is 18.9 Å². The number of ether oxygens (including phenoxy) is 1. The van der Waals surface area contributed by atoms with Crippen molar-refractivity contribution in [1.82, 2.24) is 0 Å². The maximum Gasteiger partial charge on any atom is 0.121 e. The third-order valence-corrected chi connectivity index (χ3v) is 2.08. The number of anilines is 1. The molecule has 1 aromatic rings. The fourth-order valence-electron chi connectivity index (χ4n) is 1.16. The van der Waals surface area contributed by atoms with Gasteiger partial charge in [-0.1, -0.05) is 19.9 Å². The molecule has 0 aliphatic heterocycles. The zero-order valence-electron chi connectivity index (χ0n) is 9.36. The van der Waals surface area contributed by atoms with E-state index >= 15 is 0 Å². The smallest absolute Gasteiger partial charge is 0.121 e. The zero-order chi connectivity index (χ0) is 11.1. The van der Waals surface area contributed by atoms with Gasteiger partial charge in [0.1, 0.15) is 5.75 Å². The second-order valence-corrected chi connectivity index (χ2v) is 4.33. The van der Waals surface area contributed by atoms with Gasteiger partial charge < -0.3 is 10.1 Å². The van der Waals surface area contributed by atoms with Gasteiger partial charge in [0.2, 0.25) is 0 Å². The summed E-state index contributed by atoms with van der Waals surface area (Å²) in [6.45, 7) is 5.92. The van der Waals surface area contributed by atoms with E-state index in [-0.39, 0.29) is 0 Å². The first-order valence-corrected chi connectivity index (χ1v) is 5.93. The van der Waals surface area contributed by atoms with Crippen molar-refractivity contribution in [2.24, 2.45) is 5.92 Å². The number of thiol groups is 1. The first-order chi connectivity index (χ1) is 7.22. The third kappa shape index (κ3) is 4.98. The van der Waals surface area contributed by atoms with Crippen LogP contribution in [-0.2, 0) is 0 Å². The summed E-state index contributed by atoms with van der Waals surface area (Å²) in [4.78, 5) is 0. The van der Waals surface area contributed by atoms with Crippen LogP contribution < -0.4 is 10.1 Å². The number of hydrogen-bond donors (Lipinski definition) is 2. The topological polar surface area (TPSA) is 21.3 Å². The molecular formula is C12H19NOS. The van der Waals surface area contributed by atoms with E-state index in [0.29, 0.717) is 5.92 Å². The van der Waals surface area contributed by atoms with E-state index in [0.717, 1.165) is 30.3 Å². The highest BCUT2D eigenvalue weighted by molar-refractivity contribution is 7.80. The maximum absolute atomic E-state index is 5.63. The van der Waals surface area contributed by atoms with Crippen LogP contribution in [0.3, 0.4) is 0 Å². The van der Waals surface area contributed by atoms with Crippen LogP contribution in [0, 0.1) is 5.92 Å². The molecule has 0 bridgehead atoms. The lowest BCUT2D eigenvalue weighted by Gasteiger charge is -2.10. The maximum atomic E-state index is 5.63. The first kappa shape index (κ1) is 12.2. The standard InChI is InChI=1S/C12H19NOS/c1-10(2)9-14-12-5-3-4-11(8-12)13-6-7-15/h3-5,8,10,13,15H,6-7,9H2,1-2H3. The molecular weight excluding hydrogens is 206 g/mol. The minimum atomic E-state index is 0.555. The Kier molecular flexibility index (Phi) is 5.40. The van der Waals surface area contributed by atoms with Gasteiger partial charge in [-0.05, 0) is 18.1 Å². The van der Waals surface area contributed by atoms with Crippen LogP contribution >= 0.6 is 12.6 Å². The summed E-state index contributed by atoms with van der Waals surface area (Å²) in [7, 11) is 0. The molecule has 2 nitrogen and oxygen atoms in total. The highest BCUT2D eigenvalue weighted by atomic mass is 32.1. The molecule has 3 heteroatoms. The number of nitrogens with one attached hydrogen (secondary N) is 1.